The van der Waals surface area contributed by atoms with Crippen LogP contribution in [0.5, 0.6) is 0 Å². The lowest BCUT2D eigenvalue weighted by Crippen LogP contribution is -2.38. The molecule has 1 atom stereocenters. The molecule has 1 aliphatic heterocycles. The van der Waals surface area contributed by atoms with E-state index in [1.165, 1.54) is 19.3 Å². The molecule has 0 amide bonds. The van der Waals surface area contributed by atoms with Crippen molar-refractivity contribution in [3.05, 3.63) is 17.5 Å². The Hall–Kier alpha value is -0.830. The molecule has 0 bridgehead atoms. The number of aromatic nitrogens is 2. The Labute approximate surface area is 89.1 Å². The van der Waals surface area contributed by atoms with E-state index in [2.05, 4.69) is 21.8 Å². The Morgan fingerprint density at radius 2 is 2.14 bits per heavy atom. The molecule has 14 heavy (non-hydrogen) atoms. The maximum Gasteiger partial charge on any atom is 0.171 e. The second-order valence-electron chi connectivity index (χ2n) is 3.71. The van der Waals surface area contributed by atoms with Gasteiger partial charge in [-0.3, -0.25) is 0 Å². The molecule has 4 heteroatoms. The SMILES string of the molecule is C[C@@H]1CCCCN1c1nccnc1Cl. The standard InChI is InChI=1S/C10H14ClN3/c1-8-4-2-3-7-14(8)10-9(11)12-5-6-13-10/h5-6,8H,2-4,7H2,1H3/t8-/m1/s1. The largest absolute Gasteiger partial charge is 0.351 e. The summed E-state index contributed by atoms with van der Waals surface area (Å²) in [4.78, 5) is 10.6. The minimum absolute atomic E-state index is 0.515. The fourth-order valence-electron chi connectivity index (χ4n) is 1.92. The summed E-state index contributed by atoms with van der Waals surface area (Å²) in [6.45, 7) is 3.25. The minimum Gasteiger partial charge on any atom is -0.351 e. The molecule has 0 aliphatic carbocycles. The Morgan fingerprint density at radius 3 is 2.86 bits per heavy atom. The molecule has 2 rings (SSSR count). The van der Waals surface area contributed by atoms with Crippen LogP contribution < -0.4 is 4.90 Å². The maximum atomic E-state index is 6.01. The lowest BCUT2D eigenvalue weighted by molar-refractivity contribution is 0.481. The molecule has 0 spiro atoms. The molecule has 0 saturated carbocycles. The fourth-order valence-corrected chi connectivity index (χ4v) is 2.13. The highest BCUT2D eigenvalue weighted by Crippen LogP contribution is 2.26. The number of halogens is 1. The number of rotatable bonds is 1. The highest BCUT2D eigenvalue weighted by Gasteiger charge is 2.21. The minimum atomic E-state index is 0.515. The molecule has 2 heterocycles. The van der Waals surface area contributed by atoms with Crippen LogP contribution in [-0.2, 0) is 0 Å². The van der Waals surface area contributed by atoms with Gasteiger partial charge >= 0.3 is 0 Å². The predicted octanol–water partition coefficient (Wildman–Crippen LogP) is 2.51. The van der Waals surface area contributed by atoms with E-state index in [1.807, 2.05) is 0 Å². The van der Waals surface area contributed by atoms with Crippen molar-refractivity contribution in [3.8, 4) is 0 Å². The van der Waals surface area contributed by atoms with Crippen LogP contribution in [0.2, 0.25) is 5.15 Å². The number of hydrogen-bond donors (Lipinski definition) is 0. The second-order valence-corrected chi connectivity index (χ2v) is 4.07. The third-order valence-electron chi connectivity index (χ3n) is 2.71. The average Bonchev–Trinajstić information content (AvgIpc) is 2.20. The van der Waals surface area contributed by atoms with Crippen LogP contribution in [0.4, 0.5) is 5.82 Å². The number of anilines is 1. The summed E-state index contributed by atoms with van der Waals surface area (Å²) in [7, 11) is 0. The number of nitrogens with zero attached hydrogens (tertiary/aromatic N) is 3. The van der Waals surface area contributed by atoms with E-state index in [0.717, 1.165) is 12.4 Å². The Morgan fingerprint density at radius 1 is 1.36 bits per heavy atom. The summed E-state index contributed by atoms with van der Waals surface area (Å²) in [5, 5.41) is 0.515. The van der Waals surface area contributed by atoms with Crippen molar-refractivity contribution in [3.63, 3.8) is 0 Å². The van der Waals surface area contributed by atoms with Crippen molar-refractivity contribution in [1.29, 1.82) is 0 Å². The monoisotopic (exact) mass is 211 g/mol. The van der Waals surface area contributed by atoms with Crippen molar-refractivity contribution < 1.29 is 0 Å². The van der Waals surface area contributed by atoms with E-state index in [4.69, 9.17) is 11.6 Å². The highest BCUT2D eigenvalue weighted by molar-refractivity contribution is 6.31. The third-order valence-corrected chi connectivity index (χ3v) is 2.98. The van der Waals surface area contributed by atoms with E-state index in [9.17, 15) is 0 Å². The molecule has 0 unspecified atom stereocenters. The first kappa shape index (κ1) is 9.71. The van der Waals surface area contributed by atoms with Gasteiger partial charge in [-0.25, -0.2) is 9.97 Å². The van der Waals surface area contributed by atoms with Gasteiger partial charge in [-0.15, -0.1) is 0 Å². The van der Waals surface area contributed by atoms with Gasteiger partial charge in [0.25, 0.3) is 0 Å². The molecule has 1 aromatic heterocycles. The van der Waals surface area contributed by atoms with Gasteiger partial charge < -0.3 is 4.90 Å². The molecule has 1 aromatic rings. The van der Waals surface area contributed by atoms with Gasteiger partial charge in [-0.05, 0) is 26.2 Å². The average molecular weight is 212 g/mol. The first-order valence-corrected chi connectivity index (χ1v) is 5.40. The molecular formula is C10H14ClN3. The summed E-state index contributed by atoms with van der Waals surface area (Å²) >= 11 is 6.01. The lowest BCUT2D eigenvalue weighted by Gasteiger charge is -2.34. The van der Waals surface area contributed by atoms with Gasteiger partial charge in [0.05, 0.1) is 0 Å². The number of hydrogen-bond acceptors (Lipinski definition) is 3. The van der Waals surface area contributed by atoms with Gasteiger partial charge in [0.15, 0.2) is 11.0 Å². The highest BCUT2D eigenvalue weighted by atomic mass is 35.5. The van der Waals surface area contributed by atoms with E-state index in [0.29, 0.717) is 11.2 Å². The van der Waals surface area contributed by atoms with E-state index in [1.54, 1.807) is 12.4 Å². The maximum absolute atomic E-state index is 6.01. The van der Waals surface area contributed by atoms with Crippen LogP contribution in [0.3, 0.4) is 0 Å². The first-order chi connectivity index (χ1) is 6.79. The predicted molar refractivity (Wildman–Crippen MR) is 57.7 cm³/mol. The zero-order chi connectivity index (χ0) is 9.97. The van der Waals surface area contributed by atoms with Gasteiger partial charge in [-0.2, -0.15) is 0 Å². The fraction of sp³-hybridized carbons (Fsp3) is 0.600. The molecule has 0 N–H and O–H groups in total. The van der Waals surface area contributed by atoms with Crippen LogP contribution in [-0.4, -0.2) is 22.6 Å². The smallest absolute Gasteiger partial charge is 0.171 e. The molecule has 76 valence electrons. The molecule has 0 aromatic carbocycles. The summed E-state index contributed by atoms with van der Waals surface area (Å²) in [6.07, 6.45) is 7.06. The van der Waals surface area contributed by atoms with Crippen molar-refractivity contribution in [1.82, 2.24) is 9.97 Å². The Bertz CT molecular complexity index is 316. The lowest BCUT2D eigenvalue weighted by atomic mass is 10.0. The van der Waals surface area contributed by atoms with E-state index < -0.39 is 0 Å². The molecule has 1 fully saturated rings. The van der Waals surface area contributed by atoms with E-state index in [-0.39, 0.29) is 0 Å². The summed E-state index contributed by atoms with van der Waals surface area (Å²) in [5.41, 5.74) is 0. The van der Waals surface area contributed by atoms with Gasteiger partial charge in [-0.1, -0.05) is 11.6 Å². The summed E-state index contributed by atoms with van der Waals surface area (Å²) < 4.78 is 0. The van der Waals surface area contributed by atoms with Crippen LogP contribution in [0.25, 0.3) is 0 Å². The quantitative estimate of drug-likeness (QED) is 0.715. The van der Waals surface area contributed by atoms with E-state index >= 15 is 0 Å². The summed E-state index contributed by atoms with van der Waals surface area (Å²) in [5.74, 6) is 0.835. The molecule has 3 nitrogen and oxygen atoms in total. The van der Waals surface area contributed by atoms with Gasteiger partial charge in [0.1, 0.15) is 0 Å². The zero-order valence-corrected chi connectivity index (χ0v) is 9.04. The van der Waals surface area contributed by atoms with Crippen LogP contribution in [0.1, 0.15) is 26.2 Å². The first-order valence-electron chi connectivity index (χ1n) is 5.02. The third kappa shape index (κ3) is 1.82. The van der Waals surface area contributed by atoms with Crippen molar-refractivity contribution >= 4 is 17.4 Å². The molecule has 1 saturated heterocycles. The van der Waals surface area contributed by atoms with Crippen LogP contribution in [0.15, 0.2) is 12.4 Å². The topological polar surface area (TPSA) is 29.0 Å². The van der Waals surface area contributed by atoms with Crippen LogP contribution in [0, 0.1) is 0 Å². The van der Waals surface area contributed by atoms with Crippen molar-refractivity contribution in [2.75, 3.05) is 11.4 Å². The van der Waals surface area contributed by atoms with Gasteiger partial charge in [0, 0.05) is 25.0 Å². The molecular weight excluding hydrogens is 198 g/mol. The Kier molecular flexibility index (Phi) is 2.87. The summed E-state index contributed by atoms with van der Waals surface area (Å²) in [6, 6.07) is 0.526. The second kappa shape index (κ2) is 4.13. The van der Waals surface area contributed by atoms with Crippen molar-refractivity contribution in [2.45, 2.75) is 32.2 Å². The van der Waals surface area contributed by atoms with Crippen molar-refractivity contribution in [2.24, 2.45) is 0 Å². The van der Waals surface area contributed by atoms with Crippen LogP contribution >= 0.6 is 11.6 Å². The molecule has 1 aliphatic rings. The Balaban J connectivity index is 2.25. The van der Waals surface area contributed by atoms with Gasteiger partial charge in [0.2, 0.25) is 0 Å². The zero-order valence-electron chi connectivity index (χ0n) is 8.28. The molecule has 0 radical (unpaired) electrons. The normalized spacial score (nSPS) is 22.4. The number of piperidine rings is 1.